The Hall–Kier alpha value is 1.28. The Morgan fingerprint density at radius 3 is 2.47 bits per heavy atom. The van der Waals surface area contributed by atoms with Crippen molar-refractivity contribution in [2.24, 2.45) is 0 Å². The molecule has 1 aliphatic carbocycles. The van der Waals surface area contributed by atoms with Gasteiger partial charge in [-0.2, -0.15) is 11.6 Å². The van der Waals surface area contributed by atoms with Crippen LogP contribution in [0.3, 0.4) is 0 Å². The number of hydrogen-bond donors (Lipinski definition) is 0. The van der Waals surface area contributed by atoms with Crippen molar-refractivity contribution in [3.8, 4) is 0 Å². The van der Waals surface area contributed by atoms with Gasteiger partial charge in [-0.3, -0.25) is 0 Å². The third kappa shape index (κ3) is 3.87. The summed E-state index contributed by atoms with van der Waals surface area (Å²) in [6, 6.07) is 8.54. The first-order valence-corrected chi connectivity index (χ1v) is 5.78. The third-order valence-electron chi connectivity index (χ3n) is 2.34. The van der Waals surface area contributed by atoms with Crippen LogP contribution in [0.4, 0.5) is 0 Å². The van der Waals surface area contributed by atoms with Crippen molar-refractivity contribution in [3.05, 3.63) is 50.9 Å². The van der Waals surface area contributed by atoms with Crippen LogP contribution in [0.25, 0.3) is 6.08 Å². The molecular formula is C11H6BrCl3SZr. The van der Waals surface area contributed by atoms with Gasteiger partial charge >= 0.3 is 26.2 Å². The van der Waals surface area contributed by atoms with Gasteiger partial charge in [0, 0.05) is 5.25 Å². The Kier molecular flexibility index (Phi) is 10.2. The van der Waals surface area contributed by atoms with Gasteiger partial charge in [-0.05, 0) is 9.38 Å². The molecule has 1 aromatic carbocycles. The summed E-state index contributed by atoms with van der Waals surface area (Å²) in [6.07, 6.45) is 5.54. The normalized spacial score (nSPS) is 18.1. The first-order chi connectivity index (χ1) is 6.34. The van der Waals surface area contributed by atoms with Gasteiger partial charge in [-0.15, -0.1) is 17.3 Å². The number of rotatable bonds is 0. The van der Waals surface area contributed by atoms with E-state index in [0.29, 0.717) is 5.25 Å². The molecule has 0 saturated carbocycles. The Balaban J connectivity index is 0. The molecule has 0 fully saturated rings. The molecule has 2 aliphatic rings. The summed E-state index contributed by atoms with van der Waals surface area (Å²) in [4.78, 5) is 0. The molecule has 6 heteroatoms. The molecule has 1 heterocycles. The Labute approximate surface area is 152 Å². The van der Waals surface area contributed by atoms with E-state index in [1.54, 1.807) is 0 Å². The van der Waals surface area contributed by atoms with E-state index in [1.807, 2.05) is 11.8 Å². The average molecular weight is 448 g/mol. The summed E-state index contributed by atoms with van der Waals surface area (Å²) in [7, 11) is 0. The number of allylic oxidation sites excluding steroid dienone is 1. The predicted molar refractivity (Wildman–Crippen MR) is 60.4 cm³/mol. The van der Waals surface area contributed by atoms with Gasteiger partial charge in [0.2, 0.25) is 0 Å². The zero-order chi connectivity index (χ0) is 8.84. The van der Waals surface area contributed by atoms with E-state index < -0.39 is 0 Å². The first-order valence-electron chi connectivity index (χ1n) is 4.11. The predicted octanol–water partition coefficient (Wildman–Crippen LogP) is -5.08. The van der Waals surface area contributed by atoms with Gasteiger partial charge in [0.15, 0.2) is 0 Å². The van der Waals surface area contributed by atoms with Crippen LogP contribution in [0.5, 0.6) is 0 Å². The van der Waals surface area contributed by atoms with Gasteiger partial charge in [-0.25, -0.2) is 6.08 Å². The topological polar surface area (TPSA) is 0 Å². The first kappa shape index (κ1) is 20.6. The number of halogens is 4. The van der Waals surface area contributed by atoms with Crippen LogP contribution in [0.15, 0.2) is 33.7 Å². The van der Waals surface area contributed by atoms with E-state index in [4.69, 9.17) is 0 Å². The minimum absolute atomic E-state index is 0. The van der Waals surface area contributed by atoms with Crippen LogP contribution >= 0.6 is 27.7 Å². The maximum atomic E-state index is 3.47. The SMILES string of the molecule is BrC1=[C-]C2=Cc3ccccc3C2S1.[Cl-].[Cl-].[Cl-].[Zr+4]. The molecule has 0 amide bonds. The number of thioether (sulfide) groups is 1. The molecule has 88 valence electrons. The van der Waals surface area contributed by atoms with Crippen molar-refractivity contribution in [1.82, 2.24) is 0 Å². The maximum Gasteiger partial charge on any atom is 4.00 e. The van der Waals surface area contributed by atoms with Gasteiger partial charge in [0.1, 0.15) is 0 Å². The zero-order valence-electron chi connectivity index (χ0n) is 8.38. The molecule has 0 N–H and O–H groups in total. The van der Waals surface area contributed by atoms with Gasteiger partial charge in [0.05, 0.1) is 0 Å². The van der Waals surface area contributed by atoms with Crippen molar-refractivity contribution in [2.45, 2.75) is 5.25 Å². The van der Waals surface area contributed by atoms with Crippen LogP contribution in [-0.2, 0) is 26.2 Å². The molecule has 1 aromatic rings. The molecule has 17 heavy (non-hydrogen) atoms. The fraction of sp³-hybridized carbons (Fsp3) is 0.0909. The van der Waals surface area contributed by atoms with Crippen molar-refractivity contribution < 1.29 is 63.4 Å². The largest absolute Gasteiger partial charge is 4.00 e. The molecule has 0 bridgehead atoms. The standard InChI is InChI=1S/C11H6BrS.3ClH.Zr/c12-10-6-8-5-7-3-1-2-4-9(7)11(8)13-10;;;;/h1-5,11H;3*1H;/q-1;;;;+4/p-3. The Morgan fingerprint density at radius 1 is 1.12 bits per heavy atom. The molecule has 0 radical (unpaired) electrons. The Morgan fingerprint density at radius 2 is 1.76 bits per heavy atom. The van der Waals surface area contributed by atoms with Crippen LogP contribution in [0, 0.1) is 6.08 Å². The van der Waals surface area contributed by atoms with E-state index >= 15 is 0 Å². The zero-order valence-corrected chi connectivity index (χ0v) is 15.5. The van der Waals surface area contributed by atoms with Crippen molar-refractivity contribution in [3.63, 3.8) is 0 Å². The second-order valence-electron chi connectivity index (χ2n) is 3.13. The molecule has 0 saturated heterocycles. The van der Waals surface area contributed by atoms with Gasteiger partial charge in [-0.1, -0.05) is 40.2 Å². The van der Waals surface area contributed by atoms with Crippen LogP contribution in [0.1, 0.15) is 16.4 Å². The summed E-state index contributed by atoms with van der Waals surface area (Å²) >= 11 is 5.31. The quantitative estimate of drug-likeness (QED) is 0.359. The van der Waals surface area contributed by atoms with E-state index in [1.165, 1.54) is 16.7 Å². The van der Waals surface area contributed by atoms with E-state index in [9.17, 15) is 0 Å². The summed E-state index contributed by atoms with van der Waals surface area (Å²) in [6.45, 7) is 0. The number of fused-ring (bicyclic) bond motifs is 3. The van der Waals surface area contributed by atoms with E-state index in [0.717, 1.165) is 3.81 Å². The second kappa shape index (κ2) is 8.45. The maximum absolute atomic E-state index is 3.47. The number of benzene rings is 1. The van der Waals surface area contributed by atoms with E-state index in [-0.39, 0.29) is 63.4 Å². The molecule has 1 unspecified atom stereocenters. The van der Waals surface area contributed by atoms with Crippen molar-refractivity contribution >= 4 is 33.8 Å². The fourth-order valence-electron chi connectivity index (χ4n) is 1.77. The summed E-state index contributed by atoms with van der Waals surface area (Å²) in [5.41, 5.74) is 4.07. The molecule has 1 atom stereocenters. The third-order valence-corrected chi connectivity index (χ3v) is 4.15. The van der Waals surface area contributed by atoms with Crippen LogP contribution in [-0.4, -0.2) is 0 Å². The van der Waals surface area contributed by atoms with Gasteiger partial charge in [0.25, 0.3) is 0 Å². The number of hydrogen-bond acceptors (Lipinski definition) is 1. The summed E-state index contributed by atoms with van der Waals surface area (Å²) < 4.78 is 1.12. The van der Waals surface area contributed by atoms with Crippen molar-refractivity contribution in [2.75, 3.05) is 0 Å². The van der Waals surface area contributed by atoms with Crippen LogP contribution in [0.2, 0.25) is 0 Å². The summed E-state index contributed by atoms with van der Waals surface area (Å²) in [5.74, 6) is 0. The summed E-state index contributed by atoms with van der Waals surface area (Å²) in [5, 5.41) is 0.491. The molecule has 0 nitrogen and oxygen atoms in total. The Bertz CT molecular complexity index is 448. The van der Waals surface area contributed by atoms with E-state index in [2.05, 4.69) is 52.3 Å². The fourth-order valence-corrected chi connectivity index (χ4v) is 3.54. The monoisotopic (exact) mass is 444 g/mol. The second-order valence-corrected chi connectivity index (χ2v) is 5.56. The minimum atomic E-state index is 0. The molecular weight excluding hydrogens is 442 g/mol. The average Bonchev–Trinajstić information content (AvgIpc) is 2.60. The molecule has 1 aliphatic heterocycles. The van der Waals surface area contributed by atoms with Crippen molar-refractivity contribution in [1.29, 1.82) is 0 Å². The minimum Gasteiger partial charge on any atom is -1.00 e. The smallest absolute Gasteiger partial charge is 1.00 e. The molecule has 0 spiro atoms. The molecule has 3 rings (SSSR count). The van der Waals surface area contributed by atoms with Gasteiger partial charge < -0.3 is 37.2 Å². The van der Waals surface area contributed by atoms with Crippen LogP contribution < -0.4 is 37.2 Å². The molecule has 0 aromatic heterocycles.